The third kappa shape index (κ3) is 3.08. The van der Waals surface area contributed by atoms with Gasteiger partial charge in [-0.05, 0) is 35.6 Å². The second-order valence-corrected chi connectivity index (χ2v) is 4.83. The number of benzene rings is 1. The number of ether oxygens (including phenoxy) is 1. The Morgan fingerprint density at radius 1 is 1.24 bits per heavy atom. The van der Waals surface area contributed by atoms with E-state index in [0.717, 1.165) is 12.2 Å². The van der Waals surface area contributed by atoms with Crippen molar-refractivity contribution >= 4 is 11.3 Å². The molecule has 3 heteroatoms. The Balaban J connectivity index is 2.07. The van der Waals surface area contributed by atoms with Crippen LogP contribution in [0.25, 0.3) is 0 Å². The highest BCUT2D eigenvalue weighted by atomic mass is 32.1. The van der Waals surface area contributed by atoms with Gasteiger partial charge in [-0.25, -0.2) is 0 Å². The molecule has 0 saturated carbocycles. The Bertz CT molecular complexity index is 436. The second kappa shape index (κ2) is 5.84. The molecule has 0 fully saturated rings. The van der Waals surface area contributed by atoms with E-state index in [0.29, 0.717) is 6.54 Å². The molecular formula is C14H17NOS. The summed E-state index contributed by atoms with van der Waals surface area (Å²) >= 11 is 1.68. The van der Waals surface area contributed by atoms with Crippen LogP contribution in [0, 0.1) is 0 Å². The molecule has 2 N–H and O–H groups in total. The summed E-state index contributed by atoms with van der Waals surface area (Å²) in [5, 5.41) is 2.04. The van der Waals surface area contributed by atoms with E-state index in [1.165, 1.54) is 10.4 Å². The average Bonchev–Trinajstić information content (AvgIpc) is 2.90. The van der Waals surface area contributed by atoms with Crippen LogP contribution in [0.15, 0.2) is 41.8 Å². The molecule has 1 heterocycles. The average molecular weight is 247 g/mol. The Morgan fingerprint density at radius 2 is 2.00 bits per heavy atom. The number of thiophene rings is 1. The van der Waals surface area contributed by atoms with E-state index in [-0.39, 0.29) is 6.10 Å². The molecule has 1 aromatic heterocycles. The third-order valence-electron chi connectivity index (χ3n) is 2.68. The molecule has 2 nitrogen and oxygen atoms in total. The van der Waals surface area contributed by atoms with Gasteiger partial charge in [-0.1, -0.05) is 25.1 Å². The predicted octanol–water partition coefficient (Wildman–Crippen LogP) is 3.39. The molecule has 1 aromatic carbocycles. The van der Waals surface area contributed by atoms with Crippen LogP contribution in [0.3, 0.4) is 0 Å². The molecule has 0 amide bonds. The van der Waals surface area contributed by atoms with Gasteiger partial charge < -0.3 is 10.5 Å². The SMILES string of the molecule is CCc1ccc(OC(CN)c2cccs2)cc1. The standard InChI is InChI=1S/C14H17NOS/c1-2-11-5-7-12(8-6-11)16-13(10-15)14-4-3-9-17-14/h3-9,13H,2,10,15H2,1H3. The summed E-state index contributed by atoms with van der Waals surface area (Å²) in [5.74, 6) is 0.881. The van der Waals surface area contributed by atoms with Crippen LogP contribution in [0.4, 0.5) is 0 Å². The quantitative estimate of drug-likeness (QED) is 0.879. The zero-order chi connectivity index (χ0) is 12.1. The van der Waals surface area contributed by atoms with Crippen LogP contribution in [0.1, 0.15) is 23.5 Å². The van der Waals surface area contributed by atoms with Crippen molar-refractivity contribution in [1.29, 1.82) is 0 Å². The van der Waals surface area contributed by atoms with Gasteiger partial charge in [0.05, 0.1) is 0 Å². The van der Waals surface area contributed by atoms with E-state index < -0.39 is 0 Å². The second-order valence-electron chi connectivity index (χ2n) is 3.86. The van der Waals surface area contributed by atoms with Gasteiger partial charge in [0.2, 0.25) is 0 Å². The maximum absolute atomic E-state index is 5.89. The minimum Gasteiger partial charge on any atom is -0.484 e. The van der Waals surface area contributed by atoms with E-state index in [9.17, 15) is 0 Å². The van der Waals surface area contributed by atoms with E-state index in [2.05, 4.69) is 25.1 Å². The Morgan fingerprint density at radius 3 is 2.53 bits per heavy atom. The summed E-state index contributed by atoms with van der Waals surface area (Å²) in [4.78, 5) is 1.17. The molecule has 0 bridgehead atoms. The number of rotatable bonds is 5. The molecule has 0 aliphatic carbocycles. The topological polar surface area (TPSA) is 35.2 Å². The van der Waals surface area contributed by atoms with Crippen LogP contribution < -0.4 is 10.5 Å². The zero-order valence-corrected chi connectivity index (χ0v) is 10.7. The van der Waals surface area contributed by atoms with Crippen LogP contribution in [-0.4, -0.2) is 6.54 Å². The lowest BCUT2D eigenvalue weighted by atomic mass is 10.2. The highest BCUT2D eigenvalue weighted by molar-refractivity contribution is 7.10. The van der Waals surface area contributed by atoms with Crippen molar-refractivity contribution in [1.82, 2.24) is 0 Å². The van der Waals surface area contributed by atoms with Crippen molar-refractivity contribution in [3.05, 3.63) is 52.2 Å². The lowest BCUT2D eigenvalue weighted by molar-refractivity contribution is 0.218. The highest BCUT2D eigenvalue weighted by Gasteiger charge is 2.12. The van der Waals surface area contributed by atoms with E-state index >= 15 is 0 Å². The molecule has 2 aromatic rings. The third-order valence-corrected chi connectivity index (χ3v) is 3.65. The Kier molecular flexibility index (Phi) is 4.18. The molecule has 0 aliphatic rings. The monoisotopic (exact) mass is 247 g/mol. The molecule has 17 heavy (non-hydrogen) atoms. The summed E-state index contributed by atoms with van der Waals surface area (Å²) < 4.78 is 5.89. The fourth-order valence-electron chi connectivity index (χ4n) is 1.66. The number of nitrogens with two attached hydrogens (primary N) is 1. The summed E-state index contributed by atoms with van der Waals surface area (Å²) in [7, 11) is 0. The van der Waals surface area contributed by atoms with Crippen molar-refractivity contribution in [2.45, 2.75) is 19.4 Å². The smallest absolute Gasteiger partial charge is 0.145 e. The van der Waals surface area contributed by atoms with Gasteiger partial charge in [-0.15, -0.1) is 11.3 Å². The summed E-state index contributed by atoms with van der Waals surface area (Å²) in [6.07, 6.45) is 1.01. The fraction of sp³-hybridized carbons (Fsp3) is 0.286. The summed E-state index contributed by atoms with van der Waals surface area (Å²) in [6, 6.07) is 12.3. The van der Waals surface area contributed by atoms with Gasteiger partial charge in [-0.3, -0.25) is 0 Å². The van der Waals surface area contributed by atoms with Crippen molar-refractivity contribution in [2.24, 2.45) is 5.73 Å². The van der Waals surface area contributed by atoms with Crippen LogP contribution in [0.2, 0.25) is 0 Å². The van der Waals surface area contributed by atoms with Gasteiger partial charge in [0.15, 0.2) is 0 Å². The van der Waals surface area contributed by atoms with Crippen molar-refractivity contribution in [2.75, 3.05) is 6.54 Å². The van der Waals surface area contributed by atoms with Gasteiger partial charge >= 0.3 is 0 Å². The van der Waals surface area contributed by atoms with Crippen LogP contribution >= 0.6 is 11.3 Å². The van der Waals surface area contributed by atoms with Crippen molar-refractivity contribution in [3.8, 4) is 5.75 Å². The molecule has 0 saturated heterocycles. The fourth-order valence-corrected chi connectivity index (χ4v) is 2.43. The maximum atomic E-state index is 5.89. The molecule has 0 radical (unpaired) electrons. The minimum atomic E-state index is -0.0394. The Hall–Kier alpha value is -1.32. The number of aryl methyl sites for hydroxylation is 1. The van der Waals surface area contributed by atoms with Crippen molar-refractivity contribution in [3.63, 3.8) is 0 Å². The first-order valence-corrected chi connectivity index (χ1v) is 6.70. The first-order valence-electron chi connectivity index (χ1n) is 5.82. The summed E-state index contributed by atoms with van der Waals surface area (Å²) in [5.41, 5.74) is 7.07. The molecule has 0 aliphatic heterocycles. The Labute approximate surface area is 106 Å². The van der Waals surface area contributed by atoms with Crippen LogP contribution in [-0.2, 0) is 6.42 Å². The molecular weight excluding hydrogens is 230 g/mol. The molecule has 2 rings (SSSR count). The lowest BCUT2D eigenvalue weighted by Gasteiger charge is -2.16. The normalized spacial score (nSPS) is 12.4. The first kappa shape index (κ1) is 12.1. The largest absolute Gasteiger partial charge is 0.484 e. The summed E-state index contributed by atoms with van der Waals surface area (Å²) in [6.45, 7) is 2.64. The lowest BCUT2D eigenvalue weighted by Crippen LogP contribution is -2.17. The van der Waals surface area contributed by atoms with E-state index in [1.807, 2.05) is 23.6 Å². The van der Waals surface area contributed by atoms with Crippen LogP contribution in [0.5, 0.6) is 5.75 Å². The molecule has 1 unspecified atom stereocenters. The highest BCUT2D eigenvalue weighted by Crippen LogP contribution is 2.24. The van der Waals surface area contributed by atoms with E-state index in [1.54, 1.807) is 11.3 Å². The molecule has 1 atom stereocenters. The minimum absolute atomic E-state index is 0.0394. The van der Waals surface area contributed by atoms with E-state index in [4.69, 9.17) is 10.5 Å². The number of hydrogen-bond donors (Lipinski definition) is 1. The van der Waals surface area contributed by atoms with Gasteiger partial charge in [0.1, 0.15) is 11.9 Å². The predicted molar refractivity (Wildman–Crippen MR) is 72.6 cm³/mol. The molecule has 0 spiro atoms. The van der Waals surface area contributed by atoms with Gasteiger partial charge in [-0.2, -0.15) is 0 Å². The van der Waals surface area contributed by atoms with Crippen molar-refractivity contribution < 1.29 is 4.74 Å². The maximum Gasteiger partial charge on any atom is 0.145 e. The first-order chi connectivity index (χ1) is 8.33. The zero-order valence-electron chi connectivity index (χ0n) is 9.93. The molecule has 90 valence electrons. The number of hydrogen-bond acceptors (Lipinski definition) is 3. The van der Waals surface area contributed by atoms with Gasteiger partial charge in [0.25, 0.3) is 0 Å². The van der Waals surface area contributed by atoms with Gasteiger partial charge in [0, 0.05) is 11.4 Å².